The molecule has 4 rings (SSSR count). The van der Waals surface area contributed by atoms with Gasteiger partial charge in [0.2, 0.25) is 10.0 Å². The van der Waals surface area contributed by atoms with Gasteiger partial charge in [-0.05, 0) is 24.5 Å². The summed E-state index contributed by atoms with van der Waals surface area (Å²) in [6.07, 6.45) is 1.67. The van der Waals surface area contributed by atoms with Crippen molar-refractivity contribution in [3.05, 3.63) is 77.2 Å². The van der Waals surface area contributed by atoms with Gasteiger partial charge in [-0.25, -0.2) is 22.8 Å². The number of piperazine rings is 1. The first-order chi connectivity index (χ1) is 16.4. The third kappa shape index (κ3) is 5.28. The fraction of sp³-hybridized carbons (Fsp3) is 0.385. The number of rotatable bonds is 8. The van der Waals surface area contributed by atoms with Crippen LogP contribution in [0, 0.1) is 5.82 Å². The van der Waals surface area contributed by atoms with E-state index in [2.05, 4.69) is 4.90 Å². The van der Waals surface area contributed by atoms with Gasteiger partial charge in [0.1, 0.15) is 11.6 Å². The molecular formula is C26H31FN4O2S. The lowest BCUT2D eigenvalue weighted by Crippen LogP contribution is -2.49. The number of aromatic nitrogens is 2. The zero-order valence-electron chi connectivity index (χ0n) is 19.7. The average Bonchev–Trinajstić information content (AvgIpc) is 2.86. The molecule has 180 valence electrons. The summed E-state index contributed by atoms with van der Waals surface area (Å²) in [4.78, 5) is 11.9. The molecule has 0 N–H and O–H groups in total. The highest BCUT2D eigenvalue weighted by Gasteiger charge is 2.29. The third-order valence-electron chi connectivity index (χ3n) is 6.16. The number of benzene rings is 2. The molecule has 6 nitrogen and oxygen atoms in total. The Hall–Kier alpha value is -2.84. The monoisotopic (exact) mass is 482 g/mol. The lowest BCUT2D eigenvalue weighted by Gasteiger charge is -2.36. The van der Waals surface area contributed by atoms with Crippen molar-refractivity contribution in [2.24, 2.45) is 0 Å². The van der Waals surface area contributed by atoms with Crippen molar-refractivity contribution < 1.29 is 12.8 Å². The Morgan fingerprint density at radius 2 is 1.59 bits per heavy atom. The number of halogens is 1. The van der Waals surface area contributed by atoms with Gasteiger partial charge < -0.3 is 4.90 Å². The Morgan fingerprint density at radius 1 is 0.912 bits per heavy atom. The van der Waals surface area contributed by atoms with Crippen LogP contribution in [-0.2, 0) is 22.9 Å². The quantitative estimate of drug-likeness (QED) is 0.479. The Balaban J connectivity index is 1.73. The highest BCUT2D eigenvalue weighted by atomic mass is 32.2. The van der Waals surface area contributed by atoms with Crippen molar-refractivity contribution in [3.63, 3.8) is 0 Å². The zero-order chi connectivity index (χ0) is 24.1. The molecule has 1 fully saturated rings. The molecule has 1 aliphatic heterocycles. The van der Waals surface area contributed by atoms with Crippen molar-refractivity contribution in [1.82, 2.24) is 14.3 Å². The minimum absolute atomic E-state index is 0.164. The fourth-order valence-corrected chi connectivity index (χ4v) is 5.86. The van der Waals surface area contributed by atoms with Crippen LogP contribution in [0.4, 0.5) is 10.2 Å². The van der Waals surface area contributed by atoms with Gasteiger partial charge in [0, 0.05) is 49.4 Å². The Kier molecular flexibility index (Phi) is 7.58. The van der Waals surface area contributed by atoms with E-state index in [1.807, 2.05) is 50.2 Å². The Bertz CT molecular complexity index is 1230. The van der Waals surface area contributed by atoms with Crippen LogP contribution >= 0.6 is 0 Å². The van der Waals surface area contributed by atoms with Crippen LogP contribution in [0.15, 0.2) is 54.6 Å². The maximum Gasteiger partial charge on any atom is 0.214 e. The van der Waals surface area contributed by atoms with E-state index in [9.17, 15) is 12.8 Å². The van der Waals surface area contributed by atoms with Gasteiger partial charge in [-0.1, -0.05) is 62.4 Å². The first kappa shape index (κ1) is 24.3. The fourth-order valence-electron chi connectivity index (χ4n) is 4.37. The summed E-state index contributed by atoms with van der Waals surface area (Å²) in [5.74, 6) is 1.31. The second-order valence-electron chi connectivity index (χ2n) is 8.49. The first-order valence-corrected chi connectivity index (χ1v) is 13.4. The van der Waals surface area contributed by atoms with Gasteiger partial charge in [-0.3, -0.25) is 0 Å². The molecule has 1 aromatic heterocycles. The second kappa shape index (κ2) is 10.6. The summed E-state index contributed by atoms with van der Waals surface area (Å²) in [6, 6.07) is 16.6. The zero-order valence-corrected chi connectivity index (χ0v) is 20.6. The van der Waals surface area contributed by atoms with Crippen LogP contribution in [0.2, 0.25) is 0 Å². The van der Waals surface area contributed by atoms with Crippen LogP contribution in [-0.4, -0.2) is 54.6 Å². The average molecular weight is 483 g/mol. The standard InChI is InChI=1S/C26H31FN4O2S/c1-3-18-34(32,33)31-16-14-30(15-17-31)26-22(19-21-12-8-9-13-23(21)27)24(4-2)28-25(29-26)20-10-6-5-7-11-20/h5-13H,3-4,14-19H2,1-2H3. The topological polar surface area (TPSA) is 66.4 Å². The predicted molar refractivity (Wildman–Crippen MR) is 134 cm³/mol. The molecule has 0 atom stereocenters. The van der Waals surface area contributed by atoms with E-state index in [4.69, 9.17) is 9.97 Å². The highest BCUT2D eigenvalue weighted by molar-refractivity contribution is 7.89. The maximum atomic E-state index is 14.6. The predicted octanol–water partition coefficient (Wildman–Crippen LogP) is 4.30. The number of aryl methyl sites for hydroxylation is 1. The van der Waals surface area contributed by atoms with Crippen molar-refractivity contribution in [3.8, 4) is 11.4 Å². The maximum absolute atomic E-state index is 14.6. The molecule has 2 aromatic carbocycles. The SMILES string of the molecule is CCCS(=O)(=O)N1CCN(c2nc(-c3ccccc3)nc(CC)c2Cc2ccccc2F)CC1. The molecule has 1 aliphatic rings. The van der Waals surface area contributed by atoms with Gasteiger partial charge >= 0.3 is 0 Å². The molecule has 0 amide bonds. The molecule has 1 saturated heterocycles. The van der Waals surface area contributed by atoms with Crippen molar-refractivity contribution in [2.45, 2.75) is 33.1 Å². The van der Waals surface area contributed by atoms with E-state index < -0.39 is 10.0 Å². The number of anilines is 1. The molecule has 0 bridgehead atoms. The van der Waals surface area contributed by atoms with Crippen LogP contribution in [0.3, 0.4) is 0 Å². The molecule has 34 heavy (non-hydrogen) atoms. The summed E-state index contributed by atoms with van der Waals surface area (Å²) in [5, 5.41) is 0. The van der Waals surface area contributed by atoms with Crippen molar-refractivity contribution >= 4 is 15.8 Å². The smallest absolute Gasteiger partial charge is 0.214 e. The molecule has 0 aliphatic carbocycles. The van der Waals surface area contributed by atoms with Gasteiger partial charge in [-0.15, -0.1) is 0 Å². The molecule has 0 spiro atoms. The van der Waals surface area contributed by atoms with E-state index in [0.29, 0.717) is 56.8 Å². The number of hydrogen-bond donors (Lipinski definition) is 0. The molecule has 0 saturated carbocycles. The van der Waals surface area contributed by atoms with Crippen LogP contribution in [0.25, 0.3) is 11.4 Å². The minimum Gasteiger partial charge on any atom is -0.354 e. The third-order valence-corrected chi connectivity index (χ3v) is 8.23. The van der Waals surface area contributed by atoms with Crippen LogP contribution < -0.4 is 4.90 Å². The summed E-state index contributed by atoms with van der Waals surface area (Å²) < 4.78 is 41.2. The second-order valence-corrected chi connectivity index (χ2v) is 10.6. The van der Waals surface area contributed by atoms with Gasteiger partial charge in [0.15, 0.2) is 5.82 Å². The van der Waals surface area contributed by atoms with E-state index in [-0.39, 0.29) is 11.6 Å². The van der Waals surface area contributed by atoms with Gasteiger partial charge in [-0.2, -0.15) is 4.31 Å². The summed E-state index contributed by atoms with van der Waals surface area (Å²) in [7, 11) is -3.24. The Morgan fingerprint density at radius 3 is 2.24 bits per heavy atom. The molecule has 0 unspecified atom stereocenters. The molecule has 3 aromatic rings. The van der Waals surface area contributed by atoms with E-state index in [1.165, 1.54) is 6.07 Å². The lowest BCUT2D eigenvalue weighted by atomic mass is 10.0. The Labute approximate surface area is 201 Å². The normalized spacial score (nSPS) is 15.0. The summed E-state index contributed by atoms with van der Waals surface area (Å²) >= 11 is 0. The molecule has 0 radical (unpaired) electrons. The van der Waals surface area contributed by atoms with Crippen LogP contribution in [0.5, 0.6) is 0 Å². The summed E-state index contributed by atoms with van der Waals surface area (Å²) in [5.41, 5.74) is 3.30. The number of nitrogens with zero attached hydrogens (tertiary/aromatic N) is 4. The molecule has 2 heterocycles. The highest BCUT2D eigenvalue weighted by Crippen LogP contribution is 2.30. The molecule has 8 heteroatoms. The van der Waals surface area contributed by atoms with E-state index in [0.717, 1.165) is 22.6 Å². The van der Waals surface area contributed by atoms with Gasteiger partial charge in [0.25, 0.3) is 0 Å². The first-order valence-electron chi connectivity index (χ1n) is 11.8. The van der Waals surface area contributed by atoms with Crippen molar-refractivity contribution in [1.29, 1.82) is 0 Å². The lowest BCUT2D eigenvalue weighted by molar-refractivity contribution is 0.383. The summed E-state index contributed by atoms with van der Waals surface area (Å²) in [6.45, 7) is 5.80. The minimum atomic E-state index is -3.24. The number of hydrogen-bond acceptors (Lipinski definition) is 5. The van der Waals surface area contributed by atoms with Crippen molar-refractivity contribution in [2.75, 3.05) is 36.8 Å². The number of sulfonamides is 1. The molecular weight excluding hydrogens is 451 g/mol. The van der Waals surface area contributed by atoms with Crippen LogP contribution in [0.1, 0.15) is 37.1 Å². The largest absolute Gasteiger partial charge is 0.354 e. The van der Waals surface area contributed by atoms with Gasteiger partial charge in [0.05, 0.1) is 5.75 Å². The van der Waals surface area contributed by atoms with E-state index in [1.54, 1.807) is 16.4 Å². The van der Waals surface area contributed by atoms with E-state index >= 15 is 0 Å².